The topological polar surface area (TPSA) is 21.3 Å². The Morgan fingerprint density at radius 3 is 2.62 bits per heavy atom. The maximum absolute atomic E-state index is 6.50. The maximum Gasteiger partial charge on any atom is 0.0811 e. The van der Waals surface area contributed by atoms with E-state index in [0.717, 1.165) is 12.5 Å². The minimum atomic E-state index is 0.213. The fourth-order valence-corrected chi connectivity index (χ4v) is 3.73. The second-order valence-corrected chi connectivity index (χ2v) is 6.29. The van der Waals surface area contributed by atoms with Gasteiger partial charge >= 0.3 is 0 Å². The number of morpholine rings is 1. The molecule has 3 rings (SSSR count). The van der Waals surface area contributed by atoms with E-state index in [4.69, 9.17) is 4.74 Å². The van der Waals surface area contributed by atoms with Crippen molar-refractivity contribution in [2.24, 2.45) is 5.92 Å². The zero-order chi connectivity index (χ0) is 11.0. The van der Waals surface area contributed by atoms with Crippen LogP contribution in [0.4, 0.5) is 0 Å². The van der Waals surface area contributed by atoms with E-state index in [1.165, 1.54) is 51.4 Å². The lowest BCUT2D eigenvalue weighted by Gasteiger charge is -2.50. The molecule has 16 heavy (non-hydrogen) atoms. The Kier molecular flexibility index (Phi) is 2.97. The molecule has 0 aromatic rings. The second-order valence-electron chi connectivity index (χ2n) is 6.29. The van der Waals surface area contributed by atoms with Crippen LogP contribution < -0.4 is 5.32 Å². The van der Waals surface area contributed by atoms with Gasteiger partial charge in [0.2, 0.25) is 0 Å². The predicted molar refractivity (Wildman–Crippen MR) is 65.5 cm³/mol. The zero-order valence-electron chi connectivity index (χ0n) is 10.5. The van der Waals surface area contributed by atoms with Gasteiger partial charge in [0, 0.05) is 12.6 Å². The van der Waals surface area contributed by atoms with Crippen molar-refractivity contribution in [3.05, 3.63) is 0 Å². The van der Waals surface area contributed by atoms with E-state index in [2.05, 4.69) is 12.2 Å². The summed E-state index contributed by atoms with van der Waals surface area (Å²) in [6.07, 6.45) is 11.2. The van der Waals surface area contributed by atoms with Crippen LogP contribution in [0.1, 0.15) is 58.3 Å². The highest BCUT2D eigenvalue weighted by Crippen LogP contribution is 2.39. The molecule has 1 N–H and O–H groups in total. The average Bonchev–Trinajstić information content (AvgIpc) is 2.33. The van der Waals surface area contributed by atoms with Crippen LogP contribution in [0.15, 0.2) is 0 Å². The molecule has 2 atom stereocenters. The minimum Gasteiger partial charge on any atom is -0.369 e. The van der Waals surface area contributed by atoms with Crippen LogP contribution in [0.5, 0.6) is 0 Å². The molecule has 2 heteroatoms. The fraction of sp³-hybridized carbons (Fsp3) is 1.00. The van der Waals surface area contributed by atoms with E-state index < -0.39 is 0 Å². The summed E-state index contributed by atoms with van der Waals surface area (Å²) < 4.78 is 6.50. The van der Waals surface area contributed by atoms with E-state index in [0.29, 0.717) is 12.1 Å². The molecule has 3 aliphatic rings. The zero-order valence-corrected chi connectivity index (χ0v) is 10.5. The van der Waals surface area contributed by atoms with Gasteiger partial charge in [-0.25, -0.2) is 0 Å². The van der Waals surface area contributed by atoms with Crippen molar-refractivity contribution in [1.29, 1.82) is 0 Å². The second kappa shape index (κ2) is 4.30. The molecule has 2 unspecified atom stereocenters. The number of nitrogens with one attached hydrogen (secondary N) is 1. The van der Waals surface area contributed by atoms with Crippen molar-refractivity contribution in [1.82, 2.24) is 5.32 Å². The van der Waals surface area contributed by atoms with E-state index in [1.807, 2.05) is 0 Å². The Morgan fingerprint density at radius 1 is 1.06 bits per heavy atom. The molecule has 1 saturated heterocycles. The third-order valence-corrected chi connectivity index (χ3v) is 4.98. The van der Waals surface area contributed by atoms with Gasteiger partial charge < -0.3 is 10.1 Å². The normalized spacial score (nSPS) is 48.9. The molecule has 0 aromatic heterocycles. The smallest absolute Gasteiger partial charge is 0.0811 e. The highest BCUT2D eigenvalue weighted by atomic mass is 16.5. The number of ether oxygens (including phenoxy) is 1. The van der Waals surface area contributed by atoms with Gasteiger partial charge in [0.15, 0.2) is 0 Å². The van der Waals surface area contributed by atoms with Crippen molar-refractivity contribution >= 4 is 0 Å². The molecule has 2 nitrogen and oxygen atoms in total. The largest absolute Gasteiger partial charge is 0.369 e. The van der Waals surface area contributed by atoms with Crippen molar-refractivity contribution in [2.45, 2.75) is 76.0 Å². The summed E-state index contributed by atoms with van der Waals surface area (Å²) in [4.78, 5) is 0. The van der Waals surface area contributed by atoms with Crippen LogP contribution in [-0.2, 0) is 4.74 Å². The van der Waals surface area contributed by atoms with E-state index in [1.54, 1.807) is 0 Å². The summed E-state index contributed by atoms with van der Waals surface area (Å²) in [6.45, 7) is 3.49. The molecule has 1 aliphatic heterocycles. The van der Waals surface area contributed by atoms with Crippen molar-refractivity contribution in [3.8, 4) is 0 Å². The molecular weight excluding hydrogens is 198 g/mol. The number of hydrogen-bond donors (Lipinski definition) is 1. The molecule has 0 amide bonds. The first-order valence-corrected chi connectivity index (χ1v) is 7.19. The van der Waals surface area contributed by atoms with Crippen LogP contribution in [0.3, 0.4) is 0 Å². The van der Waals surface area contributed by atoms with Gasteiger partial charge in [0.25, 0.3) is 0 Å². The van der Waals surface area contributed by atoms with Crippen molar-refractivity contribution in [2.75, 3.05) is 6.54 Å². The summed E-state index contributed by atoms with van der Waals surface area (Å²) in [5.74, 6) is 0.915. The fourth-order valence-electron chi connectivity index (χ4n) is 3.73. The highest BCUT2D eigenvalue weighted by Gasteiger charge is 2.43. The van der Waals surface area contributed by atoms with Crippen molar-refractivity contribution < 1.29 is 4.74 Å². The predicted octanol–water partition coefficient (Wildman–Crippen LogP) is 2.87. The van der Waals surface area contributed by atoms with Gasteiger partial charge in [-0.2, -0.15) is 0 Å². The van der Waals surface area contributed by atoms with Crippen LogP contribution >= 0.6 is 0 Å². The summed E-state index contributed by atoms with van der Waals surface area (Å²) >= 11 is 0. The third kappa shape index (κ3) is 2.02. The lowest BCUT2D eigenvalue weighted by molar-refractivity contribution is -0.163. The summed E-state index contributed by atoms with van der Waals surface area (Å²) in [6, 6.07) is 0.665. The Morgan fingerprint density at radius 2 is 1.81 bits per heavy atom. The van der Waals surface area contributed by atoms with Crippen LogP contribution in [0.2, 0.25) is 0 Å². The average molecular weight is 223 g/mol. The molecule has 3 fully saturated rings. The van der Waals surface area contributed by atoms with Gasteiger partial charge in [-0.3, -0.25) is 0 Å². The van der Waals surface area contributed by atoms with Gasteiger partial charge in [0.05, 0.1) is 11.7 Å². The first kappa shape index (κ1) is 11.0. The standard InChI is InChI=1S/C14H25NO/c1-11-6-8-14(9-7-11)10-15-12-4-2-3-5-13(12)16-14/h11-13,15H,2-10H2,1H3. The van der Waals surface area contributed by atoms with Gasteiger partial charge in [-0.1, -0.05) is 19.8 Å². The Hall–Kier alpha value is -0.0800. The number of rotatable bonds is 0. The Balaban J connectivity index is 1.65. The molecule has 2 saturated carbocycles. The van der Waals surface area contributed by atoms with Gasteiger partial charge in [-0.05, 0) is 44.4 Å². The third-order valence-electron chi connectivity index (χ3n) is 4.98. The molecule has 1 heterocycles. The number of hydrogen-bond acceptors (Lipinski definition) is 2. The highest BCUT2D eigenvalue weighted by molar-refractivity contribution is 4.97. The molecular formula is C14H25NO. The van der Waals surface area contributed by atoms with Crippen LogP contribution in [0, 0.1) is 5.92 Å². The SMILES string of the molecule is CC1CCC2(CC1)CNC1CCCCC1O2. The molecule has 0 aromatic carbocycles. The van der Waals surface area contributed by atoms with Crippen LogP contribution in [0.25, 0.3) is 0 Å². The quantitative estimate of drug-likeness (QED) is 0.682. The first-order valence-electron chi connectivity index (χ1n) is 7.19. The van der Waals surface area contributed by atoms with E-state index >= 15 is 0 Å². The number of fused-ring (bicyclic) bond motifs is 1. The lowest BCUT2D eigenvalue weighted by Crippen LogP contribution is -2.60. The maximum atomic E-state index is 6.50. The molecule has 0 bridgehead atoms. The molecule has 92 valence electrons. The van der Waals surface area contributed by atoms with Gasteiger partial charge in [0.1, 0.15) is 0 Å². The van der Waals surface area contributed by atoms with Crippen molar-refractivity contribution in [3.63, 3.8) is 0 Å². The summed E-state index contributed by atoms with van der Waals surface area (Å²) in [7, 11) is 0. The minimum absolute atomic E-state index is 0.213. The Labute approximate surface area is 99.1 Å². The molecule has 2 aliphatic carbocycles. The monoisotopic (exact) mass is 223 g/mol. The first-order chi connectivity index (χ1) is 7.77. The lowest BCUT2D eigenvalue weighted by atomic mass is 9.77. The summed E-state index contributed by atoms with van der Waals surface area (Å²) in [5, 5.41) is 3.77. The van der Waals surface area contributed by atoms with E-state index in [-0.39, 0.29) is 5.60 Å². The van der Waals surface area contributed by atoms with Crippen LogP contribution in [-0.4, -0.2) is 24.3 Å². The molecule has 1 spiro atoms. The molecule has 0 radical (unpaired) electrons. The van der Waals surface area contributed by atoms with Gasteiger partial charge in [-0.15, -0.1) is 0 Å². The van der Waals surface area contributed by atoms with E-state index in [9.17, 15) is 0 Å². The Bertz CT molecular complexity index is 245. The summed E-state index contributed by atoms with van der Waals surface area (Å²) in [5.41, 5.74) is 0.213.